The zero-order valence-electron chi connectivity index (χ0n) is 14.4. The van der Waals surface area contributed by atoms with E-state index in [0.29, 0.717) is 22.8 Å². The van der Waals surface area contributed by atoms with E-state index in [1.165, 1.54) is 20.1 Å². The van der Waals surface area contributed by atoms with Gasteiger partial charge in [-0.05, 0) is 36.4 Å². The molecule has 2 aromatic carbocycles. The molecule has 1 heterocycles. The van der Waals surface area contributed by atoms with E-state index in [1.54, 1.807) is 18.2 Å². The maximum Gasteiger partial charge on any atom is 0.263 e. The second kappa shape index (κ2) is 7.36. The van der Waals surface area contributed by atoms with Gasteiger partial charge in [0.05, 0.1) is 7.11 Å². The molecule has 0 bridgehead atoms. The molecule has 8 heteroatoms. The lowest BCUT2D eigenvalue weighted by atomic mass is 10.1. The number of methoxy groups -OCH3 is 1. The highest BCUT2D eigenvalue weighted by Crippen LogP contribution is 2.22. The molecule has 0 fully saturated rings. The summed E-state index contributed by atoms with van der Waals surface area (Å²) in [5.41, 5.74) is -0.173. The second-order valence-electron chi connectivity index (χ2n) is 5.59. The SMILES string of the molecule is COc1ccc2oc(=Nc3ccc(F)cc3F)c(C(=O)NC(C)=O)cc2c1. The summed E-state index contributed by atoms with van der Waals surface area (Å²) in [4.78, 5) is 27.6. The van der Waals surface area contributed by atoms with Gasteiger partial charge in [0, 0.05) is 18.4 Å². The number of nitrogens with zero attached hydrogens (tertiary/aromatic N) is 1. The van der Waals surface area contributed by atoms with Crippen molar-refractivity contribution in [3.8, 4) is 5.75 Å². The molecule has 1 N–H and O–H groups in total. The number of imide groups is 1. The van der Waals surface area contributed by atoms with Crippen LogP contribution in [0.1, 0.15) is 17.3 Å². The average Bonchev–Trinajstić information content (AvgIpc) is 2.62. The minimum absolute atomic E-state index is 0.0883. The van der Waals surface area contributed by atoms with Crippen LogP contribution in [0.5, 0.6) is 5.75 Å². The van der Waals surface area contributed by atoms with Crippen LogP contribution >= 0.6 is 0 Å². The summed E-state index contributed by atoms with van der Waals surface area (Å²) < 4.78 is 37.8. The standard InChI is InChI=1S/C19H14F2N2O4/c1-10(24)22-18(25)14-8-11-7-13(26-2)4-6-17(11)27-19(14)23-16-5-3-12(20)9-15(16)21/h3-9H,1-2H3,(H,22,24,25). The number of fused-ring (bicyclic) bond motifs is 1. The Hall–Kier alpha value is -3.55. The number of carbonyl (C=O) groups excluding carboxylic acids is 2. The molecule has 0 atom stereocenters. The second-order valence-corrected chi connectivity index (χ2v) is 5.59. The highest BCUT2D eigenvalue weighted by molar-refractivity contribution is 6.05. The van der Waals surface area contributed by atoms with Gasteiger partial charge in [-0.1, -0.05) is 0 Å². The van der Waals surface area contributed by atoms with Crippen molar-refractivity contribution in [1.82, 2.24) is 5.32 Å². The Kier molecular flexibility index (Phi) is 4.98. The predicted octanol–water partition coefficient (Wildman–Crippen LogP) is 3.23. The molecule has 0 saturated carbocycles. The Labute approximate surface area is 152 Å². The number of hydrogen-bond acceptors (Lipinski definition) is 5. The van der Waals surface area contributed by atoms with Gasteiger partial charge in [-0.15, -0.1) is 0 Å². The van der Waals surface area contributed by atoms with Crippen LogP contribution in [0, 0.1) is 11.6 Å². The highest BCUT2D eigenvalue weighted by atomic mass is 19.1. The lowest BCUT2D eigenvalue weighted by molar-refractivity contribution is -0.118. The summed E-state index contributed by atoms with van der Waals surface area (Å²) in [5.74, 6) is -2.49. The molecule has 0 aliphatic heterocycles. The molecular formula is C19H14F2N2O4. The number of ether oxygens (including phenoxy) is 1. The monoisotopic (exact) mass is 372 g/mol. The van der Waals surface area contributed by atoms with E-state index >= 15 is 0 Å². The lowest BCUT2D eigenvalue weighted by Gasteiger charge is -2.06. The summed E-state index contributed by atoms with van der Waals surface area (Å²) in [6.45, 7) is 1.18. The van der Waals surface area contributed by atoms with Gasteiger partial charge in [0.1, 0.15) is 28.4 Å². The number of amides is 2. The van der Waals surface area contributed by atoms with Crippen LogP contribution < -0.4 is 15.6 Å². The van der Waals surface area contributed by atoms with Crippen molar-refractivity contribution in [1.29, 1.82) is 0 Å². The number of benzene rings is 2. The Morgan fingerprint density at radius 3 is 2.56 bits per heavy atom. The Morgan fingerprint density at radius 1 is 1.11 bits per heavy atom. The highest BCUT2D eigenvalue weighted by Gasteiger charge is 2.15. The van der Waals surface area contributed by atoms with E-state index in [-0.39, 0.29) is 16.8 Å². The first kappa shape index (κ1) is 18.2. The molecule has 1 aromatic heterocycles. The zero-order valence-corrected chi connectivity index (χ0v) is 14.4. The van der Waals surface area contributed by atoms with E-state index in [4.69, 9.17) is 9.15 Å². The maximum atomic E-state index is 13.9. The van der Waals surface area contributed by atoms with Gasteiger partial charge in [-0.2, -0.15) is 0 Å². The van der Waals surface area contributed by atoms with E-state index in [1.807, 2.05) is 0 Å². The van der Waals surface area contributed by atoms with Crippen molar-refractivity contribution in [2.24, 2.45) is 4.99 Å². The quantitative estimate of drug-likeness (QED) is 0.765. The van der Waals surface area contributed by atoms with Gasteiger partial charge in [0.15, 0.2) is 5.82 Å². The molecule has 138 valence electrons. The molecule has 0 saturated heterocycles. The van der Waals surface area contributed by atoms with Gasteiger partial charge in [0.25, 0.3) is 5.91 Å². The predicted molar refractivity (Wildman–Crippen MR) is 92.5 cm³/mol. The van der Waals surface area contributed by atoms with Crippen molar-refractivity contribution in [3.05, 3.63) is 65.2 Å². The fourth-order valence-electron chi connectivity index (χ4n) is 2.39. The van der Waals surface area contributed by atoms with Crippen LogP contribution in [0.3, 0.4) is 0 Å². The van der Waals surface area contributed by atoms with Gasteiger partial charge in [-0.3, -0.25) is 14.9 Å². The van der Waals surface area contributed by atoms with E-state index in [0.717, 1.165) is 12.1 Å². The summed E-state index contributed by atoms with van der Waals surface area (Å²) in [6.07, 6.45) is 0. The van der Waals surface area contributed by atoms with Crippen LogP contribution in [0.4, 0.5) is 14.5 Å². The number of nitrogens with one attached hydrogen (secondary N) is 1. The molecular weight excluding hydrogens is 358 g/mol. The molecule has 27 heavy (non-hydrogen) atoms. The van der Waals surface area contributed by atoms with Gasteiger partial charge in [-0.25, -0.2) is 13.8 Å². The number of carbonyl (C=O) groups is 2. The van der Waals surface area contributed by atoms with E-state index in [9.17, 15) is 18.4 Å². The van der Waals surface area contributed by atoms with Crippen molar-refractivity contribution in [2.75, 3.05) is 7.11 Å². The molecule has 0 radical (unpaired) electrons. The third kappa shape index (κ3) is 4.00. The van der Waals surface area contributed by atoms with Crippen molar-refractivity contribution >= 4 is 28.5 Å². The van der Waals surface area contributed by atoms with Crippen LogP contribution in [0.2, 0.25) is 0 Å². The smallest absolute Gasteiger partial charge is 0.263 e. The summed E-state index contributed by atoms with van der Waals surface area (Å²) in [5, 5.41) is 2.63. The largest absolute Gasteiger partial charge is 0.497 e. The van der Waals surface area contributed by atoms with E-state index < -0.39 is 23.4 Å². The first-order valence-electron chi connectivity index (χ1n) is 7.81. The number of hydrogen-bond donors (Lipinski definition) is 1. The fraction of sp³-hybridized carbons (Fsp3) is 0.105. The molecule has 3 rings (SSSR count). The molecule has 6 nitrogen and oxygen atoms in total. The first-order chi connectivity index (χ1) is 12.9. The van der Waals surface area contributed by atoms with E-state index in [2.05, 4.69) is 10.3 Å². The number of halogens is 2. The van der Waals surface area contributed by atoms with Crippen molar-refractivity contribution in [2.45, 2.75) is 6.92 Å². The minimum Gasteiger partial charge on any atom is -0.497 e. The Morgan fingerprint density at radius 2 is 1.89 bits per heavy atom. The average molecular weight is 372 g/mol. The van der Waals surface area contributed by atoms with Crippen LogP contribution in [-0.2, 0) is 4.79 Å². The zero-order chi connectivity index (χ0) is 19.6. The molecule has 0 aliphatic rings. The first-order valence-corrected chi connectivity index (χ1v) is 7.81. The Balaban J connectivity index is 2.26. The lowest BCUT2D eigenvalue weighted by Crippen LogP contribution is -2.32. The van der Waals surface area contributed by atoms with Crippen molar-refractivity contribution in [3.63, 3.8) is 0 Å². The molecule has 0 aliphatic carbocycles. The normalized spacial score (nSPS) is 11.5. The third-order valence-corrected chi connectivity index (χ3v) is 3.62. The third-order valence-electron chi connectivity index (χ3n) is 3.62. The number of rotatable bonds is 3. The van der Waals surface area contributed by atoms with Gasteiger partial charge >= 0.3 is 0 Å². The summed E-state index contributed by atoms with van der Waals surface area (Å²) in [7, 11) is 1.49. The molecule has 0 unspecified atom stereocenters. The Bertz CT molecular complexity index is 1120. The van der Waals surface area contributed by atoms with Gasteiger partial charge in [0.2, 0.25) is 11.5 Å². The maximum absolute atomic E-state index is 13.9. The molecule has 2 amide bonds. The van der Waals surface area contributed by atoms with Crippen molar-refractivity contribution < 1.29 is 27.5 Å². The summed E-state index contributed by atoms with van der Waals surface area (Å²) in [6, 6.07) is 9.13. The van der Waals surface area contributed by atoms with Crippen LogP contribution in [-0.4, -0.2) is 18.9 Å². The van der Waals surface area contributed by atoms with Gasteiger partial charge < -0.3 is 9.15 Å². The minimum atomic E-state index is -0.919. The molecule has 0 spiro atoms. The molecule has 3 aromatic rings. The topological polar surface area (TPSA) is 80.9 Å². The van der Waals surface area contributed by atoms with Crippen LogP contribution in [0.25, 0.3) is 11.0 Å². The summed E-state index contributed by atoms with van der Waals surface area (Å²) >= 11 is 0. The fourth-order valence-corrected chi connectivity index (χ4v) is 2.39. The van der Waals surface area contributed by atoms with Crippen LogP contribution in [0.15, 0.2) is 51.9 Å².